The highest BCUT2D eigenvalue weighted by Crippen LogP contribution is 2.47. The number of nitrogens with one attached hydrogen (secondary N) is 1. The second kappa shape index (κ2) is 3.23. The zero-order valence-corrected chi connectivity index (χ0v) is 10.7. The molecule has 16 heavy (non-hydrogen) atoms. The first-order valence-corrected chi connectivity index (χ1v) is 6.28. The predicted octanol–water partition coefficient (Wildman–Crippen LogP) is 2.76. The van der Waals surface area contributed by atoms with Gasteiger partial charge in [0.25, 0.3) is 0 Å². The second-order valence-corrected chi connectivity index (χ2v) is 5.39. The van der Waals surface area contributed by atoms with Gasteiger partial charge in [-0.15, -0.1) is 0 Å². The fourth-order valence-electron chi connectivity index (χ4n) is 2.60. The molecule has 1 aromatic carbocycles. The van der Waals surface area contributed by atoms with E-state index in [1.165, 1.54) is 0 Å². The SMILES string of the molecule is CN1c2cccc(Br)c2NC(=O)C12CCC2. The number of hydrogen-bond donors (Lipinski definition) is 1. The van der Waals surface area contributed by atoms with E-state index in [0.717, 1.165) is 35.1 Å². The lowest BCUT2D eigenvalue weighted by Gasteiger charge is -2.51. The third-order valence-electron chi connectivity index (χ3n) is 3.84. The molecule has 0 saturated heterocycles. The molecule has 84 valence electrons. The molecule has 1 amide bonds. The quantitative estimate of drug-likeness (QED) is 0.793. The van der Waals surface area contributed by atoms with Crippen molar-refractivity contribution in [3.63, 3.8) is 0 Å². The van der Waals surface area contributed by atoms with Crippen LogP contribution in [0.5, 0.6) is 0 Å². The van der Waals surface area contributed by atoms with Gasteiger partial charge in [0, 0.05) is 11.5 Å². The summed E-state index contributed by atoms with van der Waals surface area (Å²) in [6.07, 6.45) is 3.06. The standard InChI is InChI=1S/C12H13BrN2O/c1-15-9-5-2-4-8(13)10(9)14-11(16)12(15)6-3-7-12/h2,4-5H,3,6-7H2,1H3,(H,14,16). The maximum Gasteiger partial charge on any atom is 0.250 e. The molecule has 2 aliphatic rings. The normalized spacial score (nSPS) is 21.4. The van der Waals surface area contributed by atoms with Crippen molar-refractivity contribution in [1.82, 2.24) is 0 Å². The van der Waals surface area contributed by atoms with Crippen molar-refractivity contribution in [3.8, 4) is 0 Å². The molecule has 1 saturated carbocycles. The first-order chi connectivity index (χ1) is 7.65. The molecule has 1 aromatic rings. The third-order valence-corrected chi connectivity index (χ3v) is 4.50. The number of likely N-dealkylation sites (N-methyl/N-ethyl adjacent to an activating group) is 1. The summed E-state index contributed by atoms with van der Waals surface area (Å²) in [5.41, 5.74) is 1.72. The van der Waals surface area contributed by atoms with E-state index in [-0.39, 0.29) is 11.4 Å². The zero-order valence-electron chi connectivity index (χ0n) is 9.09. The molecule has 1 N–H and O–H groups in total. The molecule has 0 bridgehead atoms. The predicted molar refractivity (Wildman–Crippen MR) is 67.8 cm³/mol. The summed E-state index contributed by atoms with van der Waals surface area (Å²) in [5, 5.41) is 3.02. The zero-order chi connectivity index (χ0) is 11.3. The number of benzene rings is 1. The number of nitrogens with zero attached hydrogens (tertiary/aromatic N) is 1. The molecule has 1 heterocycles. The van der Waals surface area contributed by atoms with Crippen LogP contribution in [0.15, 0.2) is 22.7 Å². The van der Waals surface area contributed by atoms with Crippen LogP contribution in [0.25, 0.3) is 0 Å². The van der Waals surface area contributed by atoms with Crippen LogP contribution >= 0.6 is 15.9 Å². The van der Waals surface area contributed by atoms with Gasteiger partial charge < -0.3 is 10.2 Å². The number of halogens is 1. The molecule has 3 nitrogen and oxygen atoms in total. The van der Waals surface area contributed by atoms with Crippen LogP contribution in [-0.2, 0) is 4.79 Å². The molecule has 1 aliphatic carbocycles. The van der Waals surface area contributed by atoms with Gasteiger partial charge in [0.1, 0.15) is 5.54 Å². The van der Waals surface area contributed by atoms with Gasteiger partial charge in [-0.2, -0.15) is 0 Å². The molecule has 1 aliphatic heterocycles. The van der Waals surface area contributed by atoms with Crippen molar-refractivity contribution in [1.29, 1.82) is 0 Å². The minimum absolute atomic E-state index is 0.139. The molecule has 0 radical (unpaired) electrons. The smallest absolute Gasteiger partial charge is 0.250 e. The van der Waals surface area contributed by atoms with Gasteiger partial charge >= 0.3 is 0 Å². The van der Waals surface area contributed by atoms with Crippen LogP contribution in [-0.4, -0.2) is 18.5 Å². The highest BCUT2D eigenvalue weighted by molar-refractivity contribution is 9.10. The molecule has 0 atom stereocenters. The lowest BCUT2D eigenvalue weighted by atomic mass is 9.73. The molecule has 3 rings (SSSR count). The van der Waals surface area contributed by atoms with Crippen LogP contribution in [0.1, 0.15) is 19.3 Å². The van der Waals surface area contributed by atoms with E-state index in [1.54, 1.807) is 0 Å². The number of rotatable bonds is 0. The van der Waals surface area contributed by atoms with Gasteiger partial charge in [-0.1, -0.05) is 6.07 Å². The number of amides is 1. The molecule has 0 unspecified atom stereocenters. The molecule has 4 heteroatoms. The van der Waals surface area contributed by atoms with Crippen molar-refractivity contribution < 1.29 is 4.79 Å². The first kappa shape index (κ1) is 10.1. The van der Waals surface area contributed by atoms with E-state index < -0.39 is 0 Å². The van der Waals surface area contributed by atoms with E-state index >= 15 is 0 Å². The Kier molecular flexibility index (Phi) is 2.05. The van der Waals surface area contributed by atoms with Crippen molar-refractivity contribution in [2.75, 3.05) is 17.3 Å². The van der Waals surface area contributed by atoms with Gasteiger partial charge in [-0.05, 0) is 47.3 Å². The highest BCUT2D eigenvalue weighted by atomic mass is 79.9. The van der Waals surface area contributed by atoms with Gasteiger partial charge in [0.05, 0.1) is 11.4 Å². The van der Waals surface area contributed by atoms with E-state index in [1.807, 2.05) is 19.2 Å². The minimum Gasteiger partial charge on any atom is -0.358 e. The Hall–Kier alpha value is -1.03. The summed E-state index contributed by atoms with van der Waals surface area (Å²) in [7, 11) is 2.02. The lowest BCUT2D eigenvalue weighted by molar-refractivity contribution is -0.124. The van der Waals surface area contributed by atoms with E-state index in [0.29, 0.717) is 0 Å². The molecular formula is C12H13BrN2O. The van der Waals surface area contributed by atoms with Crippen LogP contribution in [0, 0.1) is 0 Å². The number of hydrogen-bond acceptors (Lipinski definition) is 2. The first-order valence-electron chi connectivity index (χ1n) is 5.49. The maximum absolute atomic E-state index is 12.2. The van der Waals surface area contributed by atoms with Crippen LogP contribution < -0.4 is 10.2 Å². The lowest BCUT2D eigenvalue weighted by Crippen LogP contribution is -2.62. The summed E-state index contributed by atoms with van der Waals surface area (Å²) in [5.74, 6) is 0.139. The van der Waals surface area contributed by atoms with Crippen molar-refractivity contribution in [2.24, 2.45) is 0 Å². The Labute approximate surface area is 103 Å². The summed E-state index contributed by atoms with van der Waals surface area (Å²) in [6, 6.07) is 6.01. The average molecular weight is 281 g/mol. The van der Waals surface area contributed by atoms with Gasteiger partial charge in [0.15, 0.2) is 0 Å². The highest BCUT2D eigenvalue weighted by Gasteiger charge is 2.50. The molecule has 0 aromatic heterocycles. The summed E-state index contributed by atoms with van der Waals surface area (Å²) < 4.78 is 0.944. The fraction of sp³-hybridized carbons (Fsp3) is 0.417. The Balaban J connectivity index is 2.14. The Morgan fingerprint density at radius 2 is 2.19 bits per heavy atom. The van der Waals surface area contributed by atoms with Crippen molar-refractivity contribution in [3.05, 3.63) is 22.7 Å². The second-order valence-electron chi connectivity index (χ2n) is 4.53. The van der Waals surface area contributed by atoms with Crippen molar-refractivity contribution in [2.45, 2.75) is 24.8 Å². The summed E-state index contributed by atoms with van der Waals surface area (Å²) in [4.78, 5) is 14.3. The fourth-order valence-corrected chi connectivity index (χ4v) is 3.06. The van der Waals surface area contributed by atoms with Crippen LogP contribution in [0.3, 0.4) is 0 Å². The molecular weight excluding hydrogens is 268 g/mol. The topological polar surface area (TPSA) is 32.3 Å². The summed E-state index contributed by atoms with van der Waals surface area (Å²) >= 11 is 3.47. The molecule has 1 fully saturated rings. The number of anilines is 2. The van der Waals surface area contributed by atoms with Crippen molar-refractivity contribution >= 4 is 33.2 Å². The van der Waals surface area contributed by atoms with E-state index in [2.05, 4.69) is 32.2 Å². The van der Waals surface area contributed by atoms with E-state index in [9.17, 15) is 4.79 Å². The Morgan fingerprint density at radius 1 is 1.44 bits per heavy atom. The number of carbonyl (C=O) groups is 1. The van der Waals surface area contributed by atoms with Crippen LogP contribution in [0.4, 0.5) is 11.4 Å². The van der Waals surface area contributed by atoms with Gasteiger partial charge in [-0.3, -0.25) is 4.79 Å². The maximum atomic E-state index is 12.2. The Bertz CT molecular complexity index is 468. The van der Waals surface area contributed by atoms with Crippen LogP contribution in [0.2, 0.25) is 0 Å². The van der Waals surface area contributed by atoms with Gasteiger partial charge in [0.2, 0.25) is 5.91 Å². The minimum atomic E-state index is -0.284. The number of fused-ring (bicyclic) bond motifs is 1. The Morgan fingerprint density at radius 3 is 2.81 bits per heavy atom. The van der Waals surface area contributed by atoms with Gasteiger partial charge in [-0.25, -0.2) is 0 Å². The largest absolute Gasteiger partial charge is 0.358 e. The number of para-hydroxylation sites is 1. The summed E-state index contributed by atoms with van der Waals surface area (Å²) in [6.45, 7) is 0. The third kappa shape index (κ3) is 1.11. The monoisotopic (exact) mass is 280 g/mol. The van der Waals surface area contributed by atoms with E-state index in [4.69, 9.17) is 0 Å². The molecule has 1 spiro atoms. The average Bonchev–Trinajstić information content (AvgIpc) is 2.18. The number of carbonyl (C=O) groups excluding carboxylic acids is 1.